The summed E-state index contributed by atoms with van der Waals surface area (Å²) in [6.45, 7) is 33.3. The van der Waals surface area contributed by atoms with Gasteiger partial charge in [0, 0.05) is 0 Å². The van der Waals surface area contributed by atoms with Crippen LogP contribution < -0.4 is 15.1 Å². The lowest BCUT2D eigenvalue weighted by Crippen LogP contribution is -2.56. The summed E-state index contributed by atoms with van der Waals surface area (Å²) < 4.78 is 105. The molecule has 0 aliphatic rings. The molecule has 9 N–H and O–H groups in total. The van der Waals surface area contributed by atoms with Gasteiger partial charge in [-0.3, -0.25) is 21.7 Å². The van der Waals surface area contributed by atoms with Gasteiger partial charge in [0.25, 0.3) is 0 Å². The van der Waals surface area contributed by atoms with E-state index in [-0.39, 0.29) is 0 Å². The number of carbonyl (C=O) groups is 9. The van der Waals surface area contributed by atoms with Crippen LogP contribution in [0.5, 0.6) is 0 Å². The molecule has 0 rings (SSSR count). The maximum absolute atomic E-state index is 11.3. The van der Waals surface area contributed by atoms with Gasteiger partial charge >= 0.3 is 72.3 Å². The lowest BCUT2D eigenvalue weighted by atomic mass is 10.2. The van der Waals surface area contributed by atoms with E-state index in [0.29, 0.717) is 20.8 Å². The molecule has 0 aromatic rings. The maximum atomic E-state index is 11.3. The van der Waals surface area contributed by atoms with Crippen molar-refractivity contribution in [2.24, 2.45) is 17.8 Å². The van der Waals surface area contributed by atoms with E-state index in [4.69, 9.17) is 89.8 Å². The molecule has 0 aliphatic heterocycles. The number of halogens is 9. The van der Waals surface area contributed by atoms with E-state index in [9.17, 15) is 53.9 Å². The summed E-state index contributed by atoms with van der Waals surface area (Å²) in [5, 5.41) is 93.0. The van der Waals surface area contributed by atoms with E-state index in [1.54, 1.807) is 0 Å². The number of alkyl halides is 9. The predicted octanol–water partition coefficient (Wildman–Crippen LogP) is 1.81. The Kier molecular flexibility index (Phi) is 57.1. The van der Waals surface area contributed by atoms with Crippen LogP contribution in [0, 0.1) is 17.8 Å². The van der Waals surface area contributed by atoms with Gasteiger partial charge < -0.3 is 74.5 Å². The highest BCUT2D eigenvalue weighted by molar-refractivity contribution is 6.28. The number of rotatable bonds is 12. The van der Waals surface area contributed by atoms with Crippen molar-refractivity contribution < 1.29 is 157 Å². The highest BCUT2D eigenvalue weighted by Crippen LogP contribution is 2.26. The number of aliphatic carboxylic acids is 9. The smallest absolute Gasteiger partial charge is 0.414 e. The standard InChI is InChI=1S/3C7H18N.3C4H5F3O2.3C2H2O4.BO3/c3*1-5-8(4,6-2)7-3;3*1-2(3(8)9)4(5,6)7;3*3-1(4)2(5)6;2-1(3)4/h3*5-7H2,1-4H3;3*2H,1H3,(H,8,9);3*(H,3,4)(H,5,6);/q3*+1;;;;;;;-3. The number of nitrogens with zero attached hydrogens (tertiary/aromatic N) is 3. The molecule has 3 atom stereocenters. The molecule has 34 heteroatoms. The van der Waals surface area contributed by atoms with Crippen LogP contribution in [0.25, 0.3) is 0 Å². The van der Waals surface area contributed by atoms with E-state index in [1.165, 1.54) is 72.4 Å². The monoisotopic (exact) mass is 1100 g/mol. The summed E-state index contributed by atoms with van der Waals surface area (Å²) in [5.74, 6) is -23.3. The third-order valence-corrected chi connectivity index (χ3v) is 10.0. The minimum absolute atomic E-state index is 0.600. The second kappa shape index (κ2) is 46.2. The molecule has 0 saturated carbocycles. The fraction of sp³-hybridized carbons (Fsp3) is 0.769. The highest BCUT2D eigenvalue weighted by atomic mass is 19.4. The summed E-state index contributed by atoms with van der Waals surface area (Å²) in [7, 11) is 3.96. The molecule has 0 aliphatic carbocycles. The van der Waals surface area contributed by atoms with Gasteiger partial charge in [-0.05, 0) is 83.1 Å². The van der Waals surface area contributed by atoms with Crippen LogP contribution in [-0.4, -0.2) is 219 Å². The Morgan fingerprint density at radius 1 is 0.342 bits per heavy atom. The Morgan fingerprint density at radius 3 is 0.425 bits per heavy atom. The zero-order valence-corrected chi connectivity index (χ0v) is 43.3. The van der Waals surface area contributed by atoms with Crippen LogP contribution in [0.1, 0.15) is 83.1 Å². The topological polar surface area (TPSA) is 405 Å². The number of carboxylic acid groups (broad SMARTS) is 9. The van der Waals surface area contributed by atoms with E-state index in [0.717, 1.165) is 0 Å². The normalized spacial score (nSPS) is 11.7. The van der Waals surface area contributed by atoms with Gasteiger partial charge in [-0.1, -0.05) is 0 Å². The highest BCUT2D eigenvalue weighted by Gasteiger charge is 2.42. The number of carboxylic acids is 9. The van der Waals surface area contributed by atoms with Crippen molar-refractivity contribution in [2.75, 3.05) is 80.0 Å². The van der Waals surface area contributed by atoms with E-state index in [2.05, 4.69) is 83.5 Å². The minimum Gasteiger partial charge on any atom is -0.907 e. The van der Waals surface area contributed by atoms with Crippen LogP contribution >= 0.6 is 0 Å². The first-order valence-corrected chi connectivity index (χ1v) is 21.0. The molecule has 0 fully saturated rings. The molecule has 73 heavy (non-hydrogen) atoms. The summed E-state index contributed by atoms with van der Waals surface area (Å²) in [5.41, 5.74) is 0. The van der Waals surface area contributed by atoms with Crippen molar-refractivity contribution in [1.82, 2.24) is 0 Å². The van der Waals surface area contributed by atoms with Crippen molar-refractivity contribution in [3.05, 3.63) is 0 Å². The Morgan fingerprint density at radius 2 is 0.425 bits per heavy atom. The largest absolute Gasteiger partial charge is 0.907 e. The Bertz CT molecular complexity index is 1310. The molecule has 0 heterocycles. The third-order valence-electron chi connectivity index (χ3n) is 10.0. The Hall–Kier alpha value is -5.58. The molecule has 0 bridgehead atoms. The Balaban J connectivity index is -0.0000000760. The van der Waals surface area contributed by atoms with Crippen molar-refractivity contribution >= 4 is 61.0 Å². The fourth-order valence-corrected chi connectivity index (χ4v) is 2.43. The van der Waals surface area contributed by atoms with Crippen LogP contribution in [0.4, 0.5) is 39.5 Å². The van der Waals surface area contributed by atoms with Gasteiger partial charge in [0.2, 0.25) is 0 Å². The van der Waals surface area contributed by atoms with Crippen molar-refractivity contribution in [1.29, 1.82) is 0 Å². The van der Waals surface area contributed by atoms with Gasteiger partial charge in [-0.25, -0.2) is 28.8 Å². The zero-order valence-electron chi connectivity index (χ0n) is 43.3. The summed E-state index contributed by atoms with van der Waals surface area (Å²) >= 11 is 0. The lowest BCUT2D eigenvalue weighted by Gasteiger charge is -2.35. The van der Waals surface area contributed by atoms with Gasteiger partial charge in [0.15, 0.2) is 0 Å². The zero-order chi connectivity index (χ0) is 61.9. The SMILES string of the molecule is CC(C(=O)O)C(F)(F)F.CC(C(=O)O)C(F)(F)F.CC(C(=O)O)C(F)(F)F.CC[N+](C)(CC)CC.CC[N+](C)(CC)CC.CC[N+](C)(CC)CC.O=C(O)C(=O)O.O=C(O)C(=O)O.O=C(O)C(=O)O.[O-]B([O-])[O-]. The van der Waals surface area contributed by atoms with Crippen molar-refractivity contribution in [3.8, 4) is 0 Å². The second-order valence-corrected chi connectivity index (χ2v) is 14.6. The molecule has 0 radical (unpaired) electrons. The lowest BCUT2D eigenvalue weighted by molar-refractivity contribution is -0.904. The summed E-state index contributed by atoms with van der Waals surface area (Å²) in [6.07, 6.45) is -13.9. The second-order valence-electron chi connectivity index (χ2n) is 14.6. The summed E-state index contributed by atoms with van der Waals surface area (Å²) in [6, 6.07) is 0. The van der Waals surface area contributed by atoms with Crippen LogP contribution in [-0.2, 0) is 43.2 Å². The number of hydrogen-bond donors (Lipinski definition) is 9. The van der Waals surface area contributed by atoms with E-state index < -0.39 is 97.3 Å². The van der Waals surface area contributed by atoms with E-state index in [1.807, 2.05) is 0 Å². The number of quaternary nitrogens is 3. The molecule has 24 nitrogen and oxygen atoms in total. The minimum atomic E-state index is -4.62. The molecule has 0 spiro atoms. The van der Waals surface area contributed by atoms with Crippen LogP contribution in [0.15, 0.2) is 0 Å². The maximum Gasteiger partial charge on any atom is 0.414 e. The average Bonchev–Trinajstić information content (AvgIpc) is 3.27. The first-order valence-electron chi connectivity index (χ1n) is 21.0. The quantitative estimate of drug-likeness (QED) is 0.0582. The molecule has 0 aromatic carbocycles. The van der Waals surface area contributed by atoms with Crippen LogP contribution in [0.2, 0.25) is 0 Å². The first-order chi connectivity index (χ1) is 32.3. The Labute approximate surface area is 417 Å². The van der Waals surface area contributed by atoms with Gasteiger partial charge in [0.1, 0.15) is 17.8 Å². The molecular formula is C39H75BF9N3O21. The first kappa shape index (κ1) is 90.2. The molecule has 0 amide bonds. The van der Waals surface area contributed by atoms with Crippen LogP contribution in [0.3, 0.4) is 0 Å². The fourth-order valence-electron chi connectivity index (χ4n) is 2.43. The van der Waals surface area contributed by atoms with Crippen molar-refractivity contribution in [3.63, 3.8) is 0 Å². The molecule has 0 saturated heterocycles. The average molecular weight is 1100 g/mol. The molecule has 0 aromatic heterocycles. The number of hydrogen-bond acceptors (Lipinski definition) is 12. The van der Waals surface area contributed by atoms with Gasteiger partial charge in [0.05, 0.1) is 80.0 Å². The molecular weight excluding hydrogens is 1030 g/mol. The van der Waals surface area contributed by atoms with Crippen molar-refractivity contribution in [2.45, 2.75) is 102 Å². The third kappa shape index (κ3) is 68.5. The van der Waals surface area contributed by atoms with Gasteiger partial charge in [-0.2, -0.15) is 39.5 Å². The summed E-state index contributed by atoms with van der Waals surface area (Å²) in [4.78, 5) is 83.5. The molecule has 3 unspecified atom stereocenters. The molecule has 438 valence electrons. The predicted molar refractivity (Wildman–Crippen MR) is 234 cm³/mol. The van der Waals surface area contributed by atoms with E-state index >= 15 is 0 Å². The van der Waals surface area contributed by atoms with Gasteiger partial charge in [-0.15, -0.1) is 0 Å².